The molecule has 0 aliphatic carbocycles. The van der Waals surface area contributed by atoms with Crippen molar-refractivity contribution in [3.63, 3.8) is 0 Å². The maximum atomic E-state index is 12.7. The van der Waals surface area contributed by atoms with Gasteiger partial charge in [-0.05, 0) is 30.9 Å². The van der Waals surface area contributed by atoms with Gasteiger partial charge in [0.2, 0.25) is 10.0 Å². The van der Waals surface area contributed by atoms with E-state index < -0.39 is 28.5 Å². The van der Waals surface area contributed by atoms with Crippen molar-refractivity contribution in [3.8, 4) is 0 Å². The van der Waals surface area contributed by atoms with Gasteiger partial charge in [0.1, 0.15) is 0 Å². The first kappa shape index (κ1) is 21.8. The largest absolute Gasteiger partial charge is 0.391 e. The highest BCUT2D eigenvalue weighted by Gasteiger charge is 2.33. The predicted molar refractivity (Wildman–Crippen MR) is 104 cm³/mol. The molecule has 1 unspecified atom stereocenters. The summed E-state index contributed by atoms with van der Waals surface area (Å²) in [6, 6.07) is 7.59. The molecule has 0 amide bonds. The lowest BCUT2D eigenvalue weighted by atomic mass is 9.93. The van der Waals surface area contributed by atoms with E-state index in [1.807, 2.05) is 13.8 Å². The molecule has 2 N–H and O–H groups in total. The summed E-state index contributed by atoms with van der Waals surface area (Å²) < 4.78 is 39.1. The van der Waals surface area contributed by atoms with E-state index in [1.165, 1.54) is 0 Å². The van der Waals surface area contributed by atoms with Gasteiger partial charge in [-0.25, -0.2) is 13.1 Å². The van der Waals surface area contributed by atoms with E-state index in [0.29, 0.717) is 19.6 Å². The van der Waals surface area contributed by atoms with Crippen LogP contribution in [0.1, 0.15) is 33.1 Å². The number of ether oxygens (including phenoxy) is 2. The van der Waals surface area contributed by atoms with Crippen molar-refractivity contribution in [1.82, 2.24) is 4.72 Å². The van der Waals surface area contributed by atoms with Crippen LogP contribution in [0.2, 0.25) is 0 Å². The van der Waals surface area contributed by atoms with Crippen LogP contribution in [-0.4, -0.2) is 50.0 Å². The number of benzene rings is 1. The summed E-state index contributed by atoms with van der Waals surface area (Å²) in [6.45, 7) is 5.15. The average molecular weight is 450 g/mol. The Kier molecular flexibility index (Phi) is 8.50. The van der Waals surface area contributed by atoms with E-state index >= 15 is 0 Å². The highest BCUT2D eigenvalue weighted by atomic mass is 79.9. The van der Waals surface area contributed by atoms with Crippen molar-refractivity contribution in [2.45, 2.75) is 61.3 Å². The number of alkyl halides is 1. The molecule has 0 spiro atoms. The highest BCUT2D eigenvalue weighted by Crippen LogP contribution is 2.24. The number of hydrogen-bond acceptors (Lipinski definition) is 5. The van der Waals surface area contributed by atoms with Crippen LogP contribution in [-0.2, 0) is 19.5 Å². The van der Waals surface area contributed by atoms with E-state index in [4.69, 9.17) is 9.47 Å². The maximum Gasteiger partial charge on any atom is 0.240 e. The summed E-state index contributed by atoms with van der Waals surface area (Å²) in [6.07, 6.45) is 0.605. The van der Waals surface area contributed by atoms with Crippen LogP contribution in [0.15, 0.2) is 35.2 Å². The SMILES string of the molecule is CC[C@H](C)[C@H](NS(=O)(=O)c1ccccc1)[C@@H](O)CC(Br)C1OCCCO1. The maximum absolute atomic E-state index is 12.7. The van der Waals surface area contributed by atoms with Gasteiger partial charge in [0.05, 0.1) is 35.1 Å². The van der Waals surface area contributed by atoms with E-state index in [9.17, 15) is 13.5 Å². The van der Waals surface area contributed by atoms with E-state index in [2.05, 4.69) is 20.7 Å². The average Bonchev–Trinajstić information content (AvgIpc) is 2.66. The minimum Gasteiger partial charge on any atom is -0.391 e. The molecular weight excluding hydrogens is 422 g/mol. The summed E-state index contributed by atoms with van der Waals surface area (Å²) in [4.78, 5) is -0.0274. The number of halogens is 1. The third kappa shape index (κ3) is 6.00. The van der Waals surface area contributed by atoms with Crippen LogP contribution < -0.4 is 4.72 Å². The molecule has 1 aliphatic rings. The summed E-state index contributed by atoms with van der Waals surface area (Å²) >= 11 is 3.52. The van der Waals surface area contributed by atoms with Crippen molar-refractivity contribution in [2.75, 3.05) is 13.2 Å². The first-order valence-electron chi connectivity index (χ1n) is 8.98. The zero-order chi connectivity index (χ0) is 19.2. The first-order valence-corrected chi connectivity index (χ1v) is 11.4. The molecule has 1 aliphatic heterocycles. The topological polar surface area (TPSA) is 84.9 Å². The van der Waals surface area contributed by atoms with Gasteiger partial charge in [0, 0.05) is 0 Å². The van der Waals surface area contributed by atoms with Gasteiger partial charge in [-0.3, -0.25) is 0 Å². The van der Waals surface area contributed by atoms with Crippen molar-refractivity contribution >= 4 is 26.0 Å². The van der Waals surface area contributed by atoms with Crippen molar-refractivity contribution in [2.24, 2.45) is 5.92 Å². The Balaban J connectivity index is 2.08. The van der Waals surface area contributed by atoms with Gasteiger partial charge < -0.3 is 14.6 Å². The number of aliphatic hydroxyl groups is 1. The number of sulfonamides is 1. The van der Waals surface area contributed by atoms with Crippen LogP contribution in [0.5, 0.6) is 0 Å². The molecule has 2 rings (SSSR count). The Bertz CT molecular complexity index is 636. The monoisotopic (exact) mass is 449 g/mol. The lowest BCUT2D eigenvalue weighted by molar-refractivity contribution is -0.179. The number of rotatable bonds is 9. The molecule has 0 aromatic heterocycles. The Morgan fingerprint density at radius 2 is 1.88 bits per heavy atom. The van der Waals surface area contributed by atoms with E-state index in [-0.39, 0.29) is 15.6 Å². The second-order valence-electron chi connectivity index (χ2n) is 6.63. The Morgan fingerprint density at radius 3 is 2.46 bits per heavy atom. The van der Waals surface area contributed by atoms with Gasteiger partial charge in [0.15, 0.2) is 6.29 Å². The first-order chi connectivity index (χ1) is 12.3. The molecule has 0 bridgehead atoms. The smallest absolute Gasteiger partial charge is 0.240 e. The predicted octanol–water partition coefficient (Wildman–Crippen LogP) is 2.66. The fourth-order valence-electron chi connectivity index (χ4n) is 2.88. The Labute approximate surface area is 164 Å². The standard InChI is InChI=1S/C18H28BrNO5S/c1-3-13(2)17(20-26(22,23)14-8-5-4-6-9-14)16(21)12-15(19)18-24-10-7-11-25-18/h4-6,8-9,13,15-18,20-21H,3,7,10-12H2,1-2H3/t13-,15?,16-,17-/m0/s1. The highest BCUT2D eigenvalue weighted by molar-refractivity contribution is 9.09. The third-order valence-corrected chi connectivity index (χ3v) is 6.91. The molecule has 1 aromatic rings. The second-order valence-corrected chi connectivity index (χ2v) is 9.52. The Hall–Kier alpha value is -0.510. The molecule has 0 radical (unpaired) electrons. The van der Waals surface area contributed by atoms with Gasteiger partial charge >= 0.3 is 0 Å². The number of aliphatic hydroxyl groups excluding tert-OH is 1. The molecule has 0 saturated carbocycles. The number of nitrogens with one attached hydrogen (secondary N) is 1. The Morgan fingerprint density at radius 1 is 1.27 bits per heavy atom. The summed E-state index contributed by atoms with van der Waals surface area (Å²) in [5.41, 5.74) is 0. The normalized spacial score (nSPS) is 21.1. The molecule has 1 heterocycles. The van der Waals surface area contributed by atoms with E-state index in [0.717, 1.165) is 12.8 Å². The molecule has 6 nitrogen and oxygen atoms in total. The van der Waals surface area contributed by atoms with Crippen LogP contribution >= 0.6 is 15.9 Å². The number of hydrogen-bond donors (Lipinski definition) is 2. The summed E-state index contributed by atoms with van der Waals surface area (Å²) in [5.74, 6) is -0.0311. The molecule has 148 valence electrons. The molecule has 8 heteroatoms. The van der Waals surface area contributed by atoms with Gasteiger partial charge in [-0.1, -0.05) is 54.4 Å². The summed E-state index contributed by atoms with van der Waals surface area (Å²) in [5, 5.41) is 10.8. The van der Waals surface area contributed by atoms with Crippen LogP contribution in [0, 0.1) is 5.92 Å². The molecule has 1 fully saturated rings. The molecule has 26 heavy (non-hydrogen) atoms. The van der Waals surface area contributed by atoms with Crippen LogP contribution in [0.3, 0.4) is 0 Å². The molecule has 1 aromatic carbocycles. The molecule has 1 saturated heterocycles. The lowest BCUT2D eigenvalue weighted by Gasteiger charge is -2.33. The van der Waals surface area contributed by atoms with Gasteiger partial charge in [-0.15, -0.1) is 0 Å². The van der Waals surface area contributed by atoms with Gasteiger partial charge in [-0.2, -0.15) is 0 Å². The van der Waals surface area contributed by atoms with Crippen LogP contribution in [0.25, 0.3) is 0 Å². The zero-order valence-electron chi connectivity index (χ0n) is 15.2. The van der Waals surface area contributed by atoms with Gasteiger partial charge in [0.25, 0.3) is 0 Å². The third-order valence-electron chi connectivity index (χ3n) is 4.63. The second kappa shape index (κ2) is 10.1. The minimum atomic E-state index is -3.71. The van der Waals surface area contributed by atoms with Crippen molar-refractivity contribution in [3.05, 3.63) is 30.3 Å². The van der Waals surface area contributed by atoms with Crippen molar-refractivity contribution in [1.29, 1.82) is 0 Å². The van der Waals surface area contributed by atoms with Crippen LogP contribution in [0.4, 0.5) is 0 Å². The quantitative estimate of drug-likeness (QED) is 0.566. The van der Waals surface area contributed by atoms with Crippen molar-refractivity contribution < 1.29 is 23.0 Å². The molecule has 4 atom stereocenters. The lowest BCUT2D eigenvalue weighted by Crippen LogP contribution is -2.49. The zero-order valence-corrected chi connectivity index (χ0v) is 17.6. The fraction of sp³-hybridized carbons (Fsp3) is 0.667. The summed E-state index contributed by atoms with van der Waals surface area (Å²) in [7, 11) is -3.71. The molecular formula is C18H28BrNO5S. The fourth-order valence-corrected chi connectivity index (χ4v) is 4.97. The minimum absolute atomic E-state index is 0.0311. The van der Waals surface area contributed by atoms with E-state index in [1.54, 1.807) is 30.3 Å².